The van der Waals surface area contributed by atoms with Crippen LogP contribution in [0.25, 0.3) is 0 Å². The quantitative estimate of drug-likeness (QED) is 0.578. The van der Waals surface area contributed by atoms with Gasteiger partial charge in [-0.05, 0) is 46.5 Å². The first-order valence-corrected chi connectivity index (χ1v) is 7.06. The third-order valence-electron chi connectivity index (χ3n) is 3.39. The van der Waals surface area contributed by atoms with E-state index in [1.807, 2.05) is 13.8 Å². The molecule has 0 spiro atoms. The van der Waals surface area contributed by atoms with Crippen LogP contribution in [-0.2, 0) is 0 Å². The molecule has 0 fully saturated rings. The van der Waals surface area contributed by atoms with Crippen molar-refractivity contribution in [2.45, 2.75) is 53.9 Å². The third-order valence-corrected chi connectivity index (χ3v) is 3.39. The van der Waals surface area contributed by atoms with Crippen molar-refractivity contribution in [1.29, 1.82) is 0 Å². The van der Waals surface area contributed by atoms with Gasteiger partial charge in [-0.25, -0.2) is 0 Å². The standard InChI is InChI=1S/C16H20.C2H6/c1-12-5-4-6-15(9-12)11-16-8-7-13(2)14(3)10-16;1-2/h5-6,8-10H,4,7,11H2,1-3H3;1-2H3. The van der Waals surface area contributed by atoms with Gasteiger partial charge in [-0.1, -0.05) is 59.9 Å². The molecule has 2 aliphatic rings. The minimum absolute atomic E-state index is 1.09. The molecule has 0 saturated heterocycles. The Morgan fingerprint density at radius 1 is 1.00 bits per heavy atom. The van der Waals surface area contributed by atoms with Crippen LogP contribution in [0.15, 0.2) is 46.1 Å². The molecule has 0 aromatic heterocycles. The molecular formula is C18H26. The second-order valence-electron chi connectivity index (χ2n) is 4.87. The minimum Gasteiger partial charge on any atom is -0.0810 e. The molecule has 0 saturated carbocycles. The van der Waals surface area contributed by atoms with Crippen LogP contribution in [0.3, 0.4) is 0 Å². The molecule has 0 heteroatoms. The topological polar surface area (TPSA) is 0 Å². The Bertz CT molecular complexity index is 400. The van der Waals surface area contributed by atoms with Crippen molar-refractivity contribution in [2.75, 3.05) is 0 Å². The average molecular weight is 242 g/mol. The predicted molar refractivity (Wildman–Crippen MR) is 82.1 cm³/mol. The van der Waals surface area contributed by atoms with Crippen molar-refractivity contribution in [3.05, 3.63) is 58.9 Å². The highest BCUT2D eigenvalue weighted by Crippen LogP contribution is 2.29. The molecule has 0 nitrogen and oxygen atoms in total. The summed E-state index contributed by atoms with van der Waals surface area (Å²) >= 11 is 0. The van der Waals surface area contributed by atoms with E-state index in [2.05, 4.69) is 51.8 Å². The van der Waals surface area contributed by atoms with Gasteiger partial charge >= 0.3 is 0 Å². The maximum absolute atomic E-state index is 2.37. The Kier molecular flexibility index (Phi) is 6.18. The second-order valence-corrected chi connectivity index (χ2v) is 4.87. The SMILES string of the molecule is CC.CC1=CC[CH]C(CC2=CCC(C)=C(C)[CH]2)=C1. The molecule has 2 rings (SSSR count). The fraction of sp³-hybridized carbons (Fsp3) is 0.444. The van der Waals surface area contributed by atoms with Gasteiger partial charge in [-0.2, -0.15) is 0 Å². The van der Waals surface area contributed by atoms with Crippen LogP contribution in [0.4, 0.5) is 0 Å². The van der Waals surface area contributed by atoms with Crippen molar-refractivity contribution in [3.63, 3.8) is 0 Å². The largest absolute Gasteiger partial charge is 0.0810 e. The van der Waals surface area contributed by atoms with E-state index < -0.39 is 0 Å². The third kappa shape index (κ3) is 4.33. The van der Waals surface area contributed by atoms with Gasteiger partial charge < -0.3 is 0 Å². The maximum Gasteiger partial charge on any atom is 0.0113 e. The number of rotatable bonds is 2. The van der Waals surface area contributed by atoms with Gasteiger partial charge in [-0.15, -0.1) is 0 Å². The highest BCUT2D eigenvalue weighted by atomic mass is 14.2. The zero-order valence-corrected chi connectivity index (χ0v) is 12.5. The molecule has 0 aromatic rings. The Morgan fingerprint density at radius 2 is 1.72 bits per heavy atom. The first-order valence-electron chi connectivity index (χ1n) is 7.06. The monoisotopic (exact) mass is 242 g/mol. The van der Waals surface area contributed by atoms with Crippen molar-refractivity contribution in [1.82, 2.24) is 0 Å². The maximum atomic E-state index is 2.37. The summed E-state index contributed by atoms with van der Waals surface area (Å²) in [6, 6.07) is 0. The molecule has 2 aliphatic carbocycles. The lowest BCUT2D eigenvalue weighted by molar-refractivity contribution is 0.998. The lowest BCUT2D eigenvalue weighted by Crippen LogP contribution is -2.00. The summed E-state index contributed by atoms with van der Waals surface area (Å²) in [6.07, 6.45) is 14.9. The van der Waals surface area contributed by atoms with Gasteiger partial charge in [0.05, 0.1) is 0 Å². The van der Waals surface area contributed by atoms with Crippen LogP contribution in [0.5, 0.6) is 0 Å². The second kappa shape index (κ2) is 7.41. The van der Waals surface area contributed by atoms with E-state index in [0.717, 1.165) is 19.3 Å². The van der Waals surface area contributed by atoms with Crippen LogP contribution < -0.4 is 0 Å². The fourth-order valence-electron chi connectivity index (χ4n) is 2.19. The summed E-state index contributed by atoms with van der Waals surface area (Å²) in [6.45, 7) is 10.6. The average Bonchev–Trinajstić information content (AvgIpc) is 2.36. The predicted octanol–water partition coefficient (Wildman–Crippen LogP) is 5.75. The zero-order chi connectivity index (χ0) is 13.5. The molecule has 98 valence electrons. The Hall–Kier alpha value is -1.04. The first-order chi connectivity index (χ1) is 8.65. The molecule has 0 amide bonds. The lowest BCUT2D eigenvalue weighted by atomic mass is 9.87. The van der Waals surface area contributed by atoms with Gasteiger partial charge in [0.2, 0.25) is 0 Å². The molecule has 0 atom stereocenters. The molecule has 0 N–H and O–H groups in total. The molecule has 18 heavy (non-hydrogen) atoms. The van der Waals surface area contributed by atoms with E-state index >= 15 is 0 Å². The number of hydrogen-bond donors (Lipinski definition) is 0. The minimum atomic E-state index is 1.09. The molecule has 0 aromatic carbocycles. The van der Waals surface area contributed by atoms with Crippen LogP contribution in [0, 0.1) is 12.8 Å². The van der Waals surface area contributed by atoms with Crippen LogP contribution >= 0.6 is 0 Å². The fourth-order valence-corrected chi connectivity index (χ4v) is 2.19. The van der Waals surface area contributed by atoms with Crippen molar-refractivity contribution < 1.29 is 0 Å². The molecule has 0 bridgehead atoms. The highest BCUT2D eigenvalue weighted by molar-refractivity contribution is 5.42. The Balaban J connectivity index is 0.000000771. The zero-order valence-electron chi connectivity index (χ0n) is 12.5. The summed E-state index contributed by atoms with van der Waals surface area (Å²) < 4.78 is 0. The van der Waals surface area contributed by atoms with E-state index in [0.29, 0.717) is 0 Å². The molecule has 0 unspecified atom stereocenters. The Morgan fingerprint density at radius 3 is 2.33 bits per heavy atom. The van der Waals surface area contributed by atoms with Crippen molar-refractivity contribution in [3.8, 4) is 0 Å². The van der Waals surface area contributed by atoms with Gasteiger partial charge in [0.25, 0.3) is 0 Å². The number of hydrogen-bond acceptors (Lipinski definition) is 0. The van der Waals surface area contributed by atoms with Crippen LogP contribution in [-0.4, -0.2) is 0 Å². The normalized spacial score (nSPS) is 19.5. The van der Waals surface area contributed by atoms with E-state index in [1.165, 1.54) is 27.9 Å². The van der Waals surface area contributed by atoms with Crippen LogP contribution in [0.1, 0.15) is 53.9 Å². The van der Waals surface area contributed by atoms with E-state index in [9.17, 15) is 0 Å². The summed E-state index contributed by atoms with van der Waals surface area (Å²) in [5, 5.41) is 0. The molecule has 0 heterocycles. The first kappa shape index (κ1) is 15.0. The number of allylic oxidation sites excluding steroid dienone is 8. The van der Waals surface area contributed by atoms with Crippen LogP contribution in [0.2, 0.25) is 0 Å². The lowest BCUT2D eigenvalue weighted by Gasteiger charge is -2.18. The summed E-state index contributed by atoms with van der Waals surface area (Å²) in [4.78, 5) is 0. The van der Waals surface area contributed by atoms with Gasteiger partial charge in [0, 0.05) is 6.42 Å². The van der Waals surface area contributed by atoms with E-state index in [1.54, 1.807) is 0 Å². The summed E-state index contributed by atoms with van der Waals surface area (Å²) in [5.41, 5.74) is 7.29. The van der Waals surface area contributed by atoms with Crippen molar-refractivity contribution >= 4 is 0 Å². The molecular weight excluding hydrogens is 216 g/mol. The van der Waals surface area contributed by atoms with E-state index in [-0.39, 0.29) is 0 Å². The van der Waals surface area contributed by atoms with Gasteiger partial charge in [-0.3, -0.25) is 0 Å². The summed E-state index contributed by atoms with van der Waals surface area (Å²) in [7, 11) is 0. The summed E-state index contributed by atoms with van der Waals surface area (Å²) in [5.74, 6) is 0. The molecule has 0 aliphatic heterocycles. The molecule has 2 radical (unpaired) electrons. The smallest absolute Gasteiger partial charge is 0.0113 e. The van der Waals surface area contributed by atoms with Gasteiger partial charge in [0.15, 0.2) is 0 Å². The Labute approximate surface area is 113 Å². The van der Waals surface area contributed by atoms with E-state index in [4.69, 9.17) is 0 Å². The highest BCUT2D eigenvalue weighted by Gasteiger charge is 2.11. The van der Waals surface area contributed by atoms with Crippen molar-refractivity contribution in [2.24, 2.45) is 0 Å². The van der Waals surface area contributed by atoms with Gasteiger partial charge in [0.1, 0.15) is 0 Å².